The van der Waals surface area contributed by atoms with E-state index >= 15 is 0 Å². The smallest absolute Gasteiger partial charge is 0.135 e. The van der Waals surface area contributed by atoms with Crippen molar-refractivity contribution < 1.29 is 4.39 Å². The highest BCUT2D eigenvalue weighted by molar-refractivity contribution is 7.80. The molecule has 2 aromatic rings. The largest absolute Gasteiger partial charge is 0.389 e. The highest BCUT2D eigenvalue weighted by atomic mass is 35.5. The molecule has 0 amide bonds. The van der Waals surface area contributed by atoms with Crippen LogP contribution < -0.4 is 11.1 Å². The maximum Gasteiger partial charge on any atom is 0.135 e. The summed E-state index contributed by atoms with van der Waals surface area (Å²) < 4.78 is 13.7. The molecule has 92 valence electrons. The molecule has 0 saturated carbocycles. The van der Waals surface area contributed by atoms with Gasteiger partial charge in [0, 0.05) is 0 Å². The molecule has 0 fully saturated rings. The van der Waals surface area contributed by atoms with Gasteiger partial charge < -0.3 is 11.1 Å². The van der Waals surface area contributed by atoms with Crippen LogP contribution in [0.1, 0.15) is 5.56 Å². The molecule has 0 saturated heterocycles. The van der Waals surface area contributed by atoms with Crippen molar-refractivity contribution in [2.24, 2.45) is 5.73 Å². The van der Waals surface area contributed by atoms with E-state index in [2.05, 4.69) is 5.32 Å². The first-order valence-corrected chi connectivity index (χ1v) is 5.98. The number of nitrogens with two attached hydrogens (primary N) is 1. The molecule has 0 atom stereocenters. The lowest BCUT2D eigenvalue weighted by Gasteiger charge is -2.12. The fourth-order valence-corrected chi connectivity index (χ4v) is 1.98. The third-order valence-electron chi connectivity index (χ3n) is 2.40. The van der Waals surface area contributed by atoms with Gasteiger partial charge in [0.2, 0.25) is 0 Å². The fraction of sp³-hybridized carbons (Fsp3) is 0. The van der Waals surface area contributed by atoms with Crippen LogP contribution in [0.2, 0.25) is 5.02 Å². The number of rotatable bonds is 3. The van der Waals surface area contributed by atoms with Crippen LogP contribution in [-0.2, 0) is 0 Å². The molecule has 18 heavy (non-hydrogen) atoms. The first-order chi connectivity index (χ1) is 8.59. The number of hydrogen-bond donors (Lipinski definition) is 2. The van der Waals surface area contributed by atoms with Gasteiger partial charge in [-0.3, -0.25) is 0 Å². The normalized spacial score (nSPS) is 10.1. The van der Waals surface area contributed by atoms with Gasteiger partial charge in [-0.15, -0.1) is 0 Å². The maximum absolute atomic E-state index is 13.7. The van der Waals surface area contributed by atoms with Crippen LogP contribution in [0, 0.1) is 5.82 Å². The number of benzene rings is 2. The van der Waals surface area contributed by atoms with Crippen molar-refractivity contribution in [2.45, 2.75) is 0 Å². The molecule has 0 aliphatic heterocycles. The van der Waals surface area contributed by atoms with Crippen LogP contribution in [0.25, 0.3) is 0 Å². The van der Waals surface area contributed by atoms with E-state index in [-0.39, 0.29) is 10.6 Å². The SMILES string of the molecule is NC(=S)c1c(F)cccc1Nc1ccccc1Cl. The Balaban J connectivity index is 2.44. The molecule has 0 radical (unpaired) electrons. The molecule has 0 aromatic heterocycles. The molecule has 0 heterocycles. The Morgan fingerprint density at radius 1 is 1.11 bits per heavy atom. The minimum Gasteiger partial charge on any atom is -0.389 e. The van der Waals surface area contributed by atoms with Crippen molar-refractivity contribution in [3.63, 3.8) is 0 Å². The van der Waals surface area contributed by atoms with E-state index < -0.39 is 5.82 Å². The molecule has 3 N–H and O–H groups in total. The van der Waals surface area contributed by atoms with E-state index in [0.29, 0.717) is 16.4 Å². The second kappa shape index (κ2) is 5.33. The third kappa shape index (κ3) is 2.60. The van der Waals surface area contributed by atoms with Crippen molar-refractivity contribution in [2.75, 3.05) is 5.32 Å². The number of hydrogen-bond acceptors (Lipinski definition) is 2. The standard InChI is InChI=1S/C13H10ClFN2S/c14-8-4-1-2-6-10(8)17-11-7-3-5-9(15)12(11)13(16)18/h1-7,17H,(H2,16,18). The van der Waals surface area contributed by atoms with E-state index in [4.69, 9.17) is 29.6 Å². The molecule has 2 nitrogen and oxygen atoms in total. The lowest BCUT2D eigenvalue weighted by Crippen LogP contribution is -2.14. The van der Waals surface area contributed by atoms with Crippen molar-refractivity contribution in [3.8, 4) is 0 Å². The first kappa shape index (κ1) is 12.8. The molecule has 0 aliphatic carbocycles. The van der Waals surface area contributed by atoms with E-state index in [1.54, 1.807) is 24.3 Å². The second-order valence-corrected chi connectivity index (χ2v) is 4.48. The summed E-state index contributed by atoms with van der Waals surface area (Å²) in [4.78, 5) is 0.00246. The number of anilines is 2. The average Bonchev–Trinajstić information content (AvgIpc) is 2.31. The quantitative estimate of drug-likeness (QED) is 0.839. The zero-order valence-corrected chi connectivity index (χ0v) is 10.9. The minimum atomic E-state index is -0.459. The fourth-order valence-electron chi connectivity index (χ4n) is 1.59. The molecular formula is C13H10ClFN2S. The van der Waals surface area contributed by atoms with Gasteiger partial charge in [-0.2, -0.15) is 0 Å². The average molecular weight is 281 g/mol. The molecule has 0 spiro atoms. The van der Waals surface area contributed by atoms with Gasteiger partial charge >= 0.3 is 0 Å². The van der Waals surface area contributed by atoms with Crippen molar-refractivity contribution >= 4 is 40.2 Å². The minimum absolute atomic E-state index is 0.00246. The van der Waals surface area contributed by atoms with Gasteiger partial charge in [-0.05, 0) is 24.3 Å². The summed E-state index contributed by atoms with van der Waals surface area (Å²) in [6.45, 7) is 0. The molecule has 0 aliphatic rings. The summed E-state index contributed by atoms with van der Waals surface area (Å²) in [5, 5.41) is 3.56. The highest BCUT2D eigenvalue weighted by Crippen LogP contribution is 2.27. The number of halogens is 2. The van der Waals surface area contributed by atoms with Gasteiger partial charge in [0.05, 0.1) is 22.0 Å². The van der Waals surface area contributed by atoms with Crippen LogP contribution in [0.15, 0.2) is 42.5 Å². The summed E-state index contributed by atoms with van der Waals surface area (Å²) in [5.74, 6) is -0.459. The second-order valence-electron chi connectivity index (χ2n) is 3.63. The summed E-state index contributed by atoms with van der Waals surface area (Å²) in [5.41, 5.74) is 6.88. The lowest BCUT2D eigenvalue weighted by molar-refractivity contribution is 0.626. The van der Waals surface area contributed by atoms with E-state index in [1.807, 2.05) is 12.1 Å². The topological polar surface area (TPSA) is 38.0 Å². The summed E-state index contributed by atoms with van der Waals surface area (Å²) in [6.07, 6.45) is 0. The van der Waals surface area contributed by atoms with Gasteiger partial charge in [0.1, 0.15) is 10.8 Å². The zero-order chi connectivity index (χ0) is 13.1. The Labute approximate surface area is 115 Å². The molecular weight excluding hydrogens is 271 g/mol. The number of nitrogens with one attached hydrogen (secondary N) is 1. The Hall–Kier alpha value is -1.65. The monoisotopic (exact) mass is 280 g/mol. The molecule has 0 bridgehead atoms. The van der Waals surface area contributed by atoms with E-state index in [0.717, 1.165) is 0 Å². The predicted octanol–water partition coefficient (Wildman–Crippen LogP) is 3.86. The Bertz CT molecular complexity index is 601. The molecule has 5 heteroatoms. The third-order valence-corrected chi connectivity index (χ3v) is 2.94. The van der Waals surface area contributed by atoms with Gasteiger partial charge in [-0.25, -0.2) is 4.39 Å². The summed E-state index contributed by atoms with van der Waals surface area (Å²) in [6, 6.07) is 11.8. The van der Waals surface area contributed by atoms with E-state index in [1.165, 1.54) is 6.07 Å². The van der Waals surface area contributed by atoms with Crippen molar-refractivity contribution in [1.82, 2.24) is 0 Å². The summed E-state index contributed by atoms with van der Waals surface area (Å²) in [7, 11) is 0. The highest BCUT2D eigenvalue weighted by Gasteiger charge is 2.11. The lowest BCUT2D eigenvalue weighted by atomic mass is 10.1. The molecule has 0 unspecified atom stereocenters. The van der Waals surface area contributed by atoms with Gasteiger partial charge in [0.15, 0.2) is 0 Å². The van der Waals surface area contributed by atoms with Gasteiger partial charge in [-0.1, -0.05) is 42.0 Å². The van der Waals surface area contributed by atoms with Crippen molar-refractivity contribution in [1.29, 1.82) is 0 Å². The predicted molar refractivity (Wildman–Crippen MR) is 77.0 cm³/mol. The van der Waals surface area contributed by atoms with Gasteiger partial charge in [0.25, 0.3) is 0 Å². The maximum atomic E-state index is 13.7. The van der Waals surface area contributed by atoms with Crippen LogP contribution in [0.5, 0.6) is 0 Å². The Morgan fingerprint density at radius 2 is 1.78 bits per heavy atom. The number of thiocarbonyl (C=S) groups is 1. The van der Waals surface area contributed by atoms with Crippen LogP contribution in [0.4, 0.5) is 15.8 Å². The molecule has 2 rings (SSSR count). The summed E-state index contributed by atoms with van der Waals surface area (Å²) >= 11 is 10.9. The first-order valence-electron chi connectivity index (χ1n) is 5.19. The molecule has 2 aromatic carbocycles. The van der Waals surface area contributed by atoms with Crippen molar-refractivity contribution in [3.05, 3.63) is 58.9 Å². The van der Waals surface area contributed by atoms with E-state index in [9.17, 15) is 4.39 Å². The Kier molecular flexibility index (Phi) is 3.79. The zero-order valence-electron chi connectivity index (χ0n) is 9.28. The van der Waals surface area contributed by atoms with Crippen LogP contribution in [0.3, 0.4) is 0 Å². The van der Waals surface area contributed by atoms with Crippen LogP contribution in [-0.4, -0.2) is 4.99 Å². The number of para-hydroxylation sites is 1. The Morgan fingerprint density at radius 3 is 2.44 bits per heavy atom. The van der Waals surface area contributed by atoms with Crippen LogP contribution >= 0.6 is 23.8 Å².